The van der Waals surface area contributed by atoms with E-state index in [0.29, 0.717) is 10.7 Å². The van der Waals surface area contributed by atoms with Crippen LogP contribution in [0.1, 0.15) is 5.56 Å². The van der Waals surface area contributed by atoms with E-state index in [9.17, 15) is 9.59 Å². The van der Waals surface area contributed by atoms with Crippen LogP contribution < -0.4 is 16.2 Å². The number of methoxy groups -OCH3 is 1. The van der Waals surface area contributed by atoms with Crippen molar-refractivity contribution in [2.24, 2.45) is 0 Å². The fourth-order valence-corrected chi connectivity index (χ4v) is 1.17. The lowest BCUT2D eigenvalue weighted by Crippen LogP contribution is -2.43. The molecule has 0 aliphatic heterocycles. The van der Waals surface area contributed by atoms with Gasteiger partial charge in [0.25, 0.3) is 0 Å². The molecule has 92 valence electrons. The van der Waals surface area contributed by atoms with Gasteiger partial charge in [0.05, 0.1) is 7.11 Å². The van der Waals surface area contributed by atoms with Crippen LogP contribution in [-0.2, 0) is 4.74 Å². The smallest absolute Gasteiger partial charge is 0.425 e. The van der Waals surface area contributed by atoms with Crippen LogP contribution >= 0.6 is 11.6 Å². The van der Waals surface area contributed by atoms with E-state index in [-0.39, 0.29) is 0 Å². The fraction of sp³-hybridized carbons (Fsp3) is 0.200. The van der Waals surface area contributed by atoms with Gasteiger partial charge in [0.1, 0.15) is 0 Å². The number of anilines is 1. The SMILES string of the molecule is COC(=O)NNC(=O)Nc1ccc(C)c(Cl)c1. The molecule has 0 atom stereocenters. The lowest BCUT2D eigenvalue weighted by molar-refractivity contribution is 0.166. The second-order valence-corrected chi connectivity index (χ2v) is 3.57. The number of nitrogens with one attached hydrogen (secondary N) is 3. The normalized spacial score (nSPS) is 9.35. The number of benzene rings is 1. The topological polar surface area (TPSA) is 79.5 Å². The Bertz CT molecular complexity index is 437. The number of rotatable bonds is 1. The summed E-state index contributed by atoms with van der Waals surface area (Å²) in [7, 11) is 1.19. The highest BCUT2D eigenvalue weighted by Gasteiger charge is 2.04. The number of halogens is 1. The van der Waals surface area contributed by atoms with E-state index in [1.54, 1.807) is 18.2 Å². The molecule has 0 unspecified atom stereocenters. The van der Waals surface area contributed by atoms with Gasteiger partial charge in [0.2, 0.25) is 0 Å². The number of hydrazine groups is 1. The van der Waals surface area contributed by atoms with Gasteiger partial charge < -0.3 is 10.1 Å². The second kappa shape index (κ2) is 5.95. The van der Waals surface area contributed by atoms with E-state index < -0.39 is 12.1 Å². The predicted octanol–water partition coefficient (Wildman–Crippen LogP) is 2.04. The summed E-state index contributed by atoms with van der Waals surface area (Å²) in [5.74, 6) is 0. The minimum atomic E-state index is -0.762. The second-order valence-electron chi connectivity index (χ2n) is 3.16. The van der Waals surface area contributed by atoms with Gasteiger partial charge >= 0.3 is 12.1 Å². The Kier molecular flexibility index (Phi) is 4.59. The quantitative estimate of drug-likeness (QED) is 0.674. The van der Waals surface area contributed by atoms with Crippen LogP contribution in [0, 0.1) is 6.92 Å². The molecule has 0 aromatic heterocycles. The molecule has 0 heterocycles. The van der Waals surface area contributed by atoms with E-state index >= 15 is 0 Å². The standard InChI is InChI=1S/C10H12ClN3O3/c1-6-3-4-7(5-8(6)11)12-9(15)13-14-10(16)17-2/h3-5H,1-2H3,(H,14,16)(H2,12,13,15). The van der Waals surface area contributed by atoms with Crippen molar-refractivity contribution in [2.45, 2.75) is 6.92 Å². The van der Waals surface area contributed by atoms with Crippen LogP contribution in [-0.4, -0.2) is 19.2 Å². The van der Waals surface area contributed by atoms with Crippen LogP contribution in [0.2, 0.25) is 5.02 Å². The van der Waals surface area contributed by atoms with Crippen LogP contribution in [0.3, 0.4) is 0 Å². The monoisotopic (exact) mass is 257 g/mol. The molecular formula is C10H12ClN3O3. The minimum absolute atomic E-state index is 0.518. The zero-order chi connectivity index (χ0) is 12.8. The number of carbonyl (C=O) groups excluding carboxylic acids is 2. The summed E-state index contributed by atoms with van der Waals surface area (Å²) in [5.41, 5.74) is 5.55. The molecule has 6 nitrogen and oxygen atoms in total. The molecule has 3 amide bonds. The van der Waals surface area contributed by atoms with Crippen molar-refractivity contribution >= 4 is 29.4 Å². The van der Waals surface area contributed by atoms with Gasteiger partial charge in [-0.3, -0.25) is 0 Å². The van der Waals surface area contributed by atoms with Gasteiger partial charge in [-0.25, -0.2) is 20.4 Å². The highest BCUT2D eigenvalue weighted by molar-refractivity contribution is 6.31. The maximum atomic E-state index is 11.3. The summed E-state index contributed by atoms with van der Waals surface area (Å²) in [6.07, 6.45) is -0.762. The molecule has 0 aliphatic carbocycles. The molecule has 0 radical (unpaired) electrons. The van der Waals surface area contributed by atoms with Gasteiger partial charge in [-0.2, -0.15) is 0 Å². The molecule has 0 fully saturated rings. The van der Waals surface area contributed by atoms with E-state index in [0.717, 1.165) is 5.56 Å². The summed E-state index contributed by atoms with van der Waals surface area (Å²) < 4.78 is 4.27. The molecule has 0 saturated heterocycles. The third-order valence-electron chi connectivity index (χ3n) is 1.89. The van der Waals surface area contributed by atoms with Crippen molar-refractivity contribution in [3.63, 3.8) is 0 Å². The molecule has 3 N–H and O–H groups in total. The van der Waals surface area contributed by atoms with Crippen molar-refractivity contribution in [3.8, 4) is 0 Å². The average Bonchev–Trinajstić information content (AvgIpc) is 2.31. The van der Waals surface area contributed by atoms with E-state index in [1.807, 2.05) is 12.3 Å². The minimum Gasteiger partial charge on any atom is -0.452 e. The third kappa shape index (κ3) is 4.20. The molecule has 17 heavy (non-hydrogen) atoms. The van der Waals surface area contributed by atoms with Crippen molar-refractivity contribution in [3.05, 3.63) is 28.8 Å². The van der Waals surface area contributed by atoms with Crippen LogP contribution in [0.25, 0.3) is 0 Å². The van der Waals surface area contributed by atoms with Crippen LogP contribution in [0.4, 0.5) is 15.3 Å². The van der Waals surface area contributed by atoms with Crippen LogP contribution in [0.5, 0.6) is 0 Å². The number of carbonyl (C=O) groups is 2. The molecule has 1 aromatic rings. The molecule has 1 aromatic carbocycles. The van der Waals surface area contributed by atoms with E-state index in [1.165, 1.54) is 7.11 Å². The van der Waals surface area contributed by atoms with Gasteiger partial charge in [0.15, 0.2) is 0 Å². The van der Waals surface area contributed by atoms with Gasteiger partial charge in [-0.05, 0) is 24.6 Å². The number of amides is 3. The summed E-state index contributed by atoms with van der Waals surface area (Å²) in [6, 6.07) is 4.47. The average molecular weight is 258 g/mol. The molecule has 0 saturated carbocycles. The molecule has 0 spiro atoms. The zero-order valence-corrected chi connectivity index (χ0v) is 10.1. The van der Waals surface area contributed by atoms with Crippen molar-refractivity contribution in [1.29, 1.82) is 0 Å². The fourth-order valence-electron chi connectivity index (χ4n) is 0.992. The van der Waals surface area contributed by atoms with Crippen molar-refractivity contribution in [1.82, 2.24) is 10.9 Å². The lowest BCUT2D eigenvalue weighted by Gasteiger charge is -2.08. The number of hydrogen-bond acceptors (Lipinski definition) is 3. The maximum Gasteiger partial charge on any atom is 0.425 e. The van der Waals surface area contributed by atoms with Crippen molar-refractivity contribution < 1.29 is 14.3 Å². The Hall–Kier alpha value is -1.95. The molecule has 0 aliphatic rings. The summed E-state index contributed by atoms with van der Waals surface area (Å²) in [6.45, 7) is 1.85. The Morgan fingerprint density at radius 3 is 2.59 bits per heavy atom. The molecule has 7 heteroatoms. The van der Waals surface area contributed by atoms with Gasteiger partial charge in [0, 0.05) is 10.7 Å². The summed E-state index contributed by atoms with van der Waals surface area (Å²) >= 11 is 5.89. The maximum absolute atomic E-state index is 11.3. The molecule has 1 rings (SSSR count). The highest BCUT2D eigenvalue weighted by atomic mass is 35.5. The number of ether oxygens (including phenoxy) is 1. The number of aryl methyl sites for hydroxylation is 1. The Balaban J connectivity index is 2.50. The number of urea groups is 1. The summed E-state index contributed by atoms with van der Waals surface area (Å²) in [4.78, 5) is 22.0. The summed E-state index contributed by atoms with van der Waals surface area (Å²) in [5, 5.41) is 3.03. The van der Waals surface area contributed by atoms with Gasteiger partial charge in [-0.1, -0.05) is 17.7 Å². The number of hydrogen-bond donors (Lipinski definition) is 3. The first kappa shape index (κ1) is 13.1. The largest absolute Gasteiger partial charge is 0.452 e. The molecular weight excluding hydrogens is 246 g/mol. The van der Waals surface area contributed by atoms with Crippen molar-refractivity contribution in [2.75, 3.05) is 12.4 Å². The first-order valence-electron chi connectivity index (χ1n) is 4.70. The first-order chi connectivity index (χ1) is 8.02. The highest BCUT2D eigenvalue weighted by Crippen LogP contribution is 2.19. The first-order valence-corrected chi connectivity index (χ1v) is 5.08. The lowest BCUT2D eigenvalue weighted by atomic mass is 10.2. The Labute approximate surface area is 103 Å². The van der Waals surface area contributed by atoms with E-state index in [2.05, 4.69) is 15.5 Å². The van der Waals surface area contributed by atoms with Crippen LogP contribution in [0.15, 0.2) is 18.2 Å². The van der Waals surface area contributed by atoms with Gasteiger partial charge in [-0.15, -0.1) is 0 Å². The zero-order valence-electron chi connectivity index (χ0n) is 9.33. The Morgan fingerprint density at radius 1 is 1.29 bits per heavy atom. The van der Waals surface area contributed by atoms with E-state index in [4.69, 9.17) is 11.6 Å². The third-order valence-corrected chi connectivity index (χ3v) is 2.30. The molecule has 0 bridgehead atoms. The Morgan fingerprint density at radius 2 is 2.00 bits per heavy atom. The predicted molar refractivity (Wildman–Crippen MR) is 63.9 cm³/mol.